The quantitative estimate of drug-likeness (QED) is 0.754. The first kappa shape index (κ1) is 10.2. The van der Waals surface area contributed by atoms with Gasteiger partial charge in [0, 0.05) is 5.69 Å². The molecule has 0 heterocycles. The second-order valence-corrected chi connectivity index (χ2v) is 3.51. The number of rotatable bonds is 2. The lowest BCUT2D eigenvalue weighted by Crippen LogP contribution is -1.98. The SMILES string of the molecule is Nc1cc(C(=O)O)cc(-c2ccccc2)c1. The van der Waals surface area contributed by atoms with Crippen molar-refractivity contribution in [3.05, 3.63) is 54.1 Å². The Morgan fingerprint density at radius 1 is 1.00 bits per heavy atom. The van der Waals surface area contributed by atoms with Crippen LogP contribution < -0.4 is 5.73 Å². The second-order valence-electron chi connectivity index (χ2n) is 3.51. The molecule has 0 bridgehead atoms. The highest BCUT2D eigenvalue weighted by atomic mass is 16.4. The van der Waals surface area contributed by atoms with E-state index in [-0.39, 0.29) is 5.56 Å². The highest BCUT2D eigenvalue weighted by Gasteiger charge is 2.06. The van der Waals surface area contributed by atoms with Gasteiger partial charge in [-0.15, -0.1) is 0 Å². The van der Waals surface area contributed by atoms with Gasteiger partial charge in [-0.25, -0.2) is 4.79 Å². The number of hydrogen-bond acceptors (Lipinski definition) is 2. The van der Waals surface area contributed by atoms with Crippen LogP contribution >= 0.6 is 0 Å². The third kappa shape index (κ3) is 2.03. The van der Waals surface area contributed by atoms with Crippen LogP contribution in [-0.4, -0.2) is 11.1 Å². The summed E-state index contributed by atoms with van der Waals surface area (Å²) in [6.07, 6.45) is 0. The molecule has 2 rings (SSSR count). The molecule has 0 aliphatic carbocycles. The van der Waals surface area contributed by atoms with Gasteiger partial charge in [0.25, 0.3) is 0 Å². The van der Waals surface area contributed by atoms with Gasteiger partial charge in [0.15, 0.2) is 0 Å². The van der Waals surface area contributed by atoms with Gasteiger partial charge in [0.1, 0.15) is 0 Å². The maximum absolute atomic E-state index is 10.9. The number of nitrogens with two attached hydrogens (primary N) is 1. The molecule has 0 spiro atoms. The molecule has 2 aromatic carbocycles. The second kappa shape index (κ2) is 4.06. The van der Waals surface area contributed by atoms with Crippen LogP contribution in [0.1, 0.15) is 10.4 Å². The summed E-state index contributed by atoms with van der Waals surface area (Å²) in [4.78, 5) is 10.9. The molecule has 0 aliphatic rings. The Morgan fingerprint density at radius 3 is 2.31 bits per heavy atom. The zero-order chi connectivity index (χ0) is 11.5. The first-order chi connectivity index (χ1) is 7.66. The summed E-state index contributed by atoms with van der Waals surface area (Å²) >= 11 is 0. The summed E-state index contributed by atoms with van der Waals surface area (Å²) in [5.74, 6) is -0.968. The van der Waals surface area contributed by atoms with Crippen molar-refractivity contribution in [2.75, 3.05) is 5.73 Å². The predicted molar refractivity (Wildman–Crippen MR) is 63.2 cm³/mol. The number of aromatic carboxylic acids is 1. The molecule has 0 unspecified atom stereocenters. The molecule has 0 aromatic heterocycles. The first-order valence-electron chi connectivity index (χ1n) is 4.86. The number of benzene rings is 2. The van der Waals surface area contributed by atoms with E-state index in [9.17, 15) is 4.79 Å². The molecule has 0 aliphatic heterocycles. The lowest BCUT2D eigenvalue weighted by molar-refractivity contribution is 0.0697. The van der Waals surface area contributed by atoms with E-state index in [4.69, 9.17) is 10.8 Å². The third-order valence-corrected chi connectivity index (χ3v) is 2.31. The van der Waals surface area contributed by atoms with Crippen molar-refractivity contribution in [1.82, 2.24) is 0 Å². The number of hydrogen-bond donors (Lipinski definition) is 2. The van der Waals surface area contributed by atoms with Crippen LogP contribution in [0.4, 0.5) is 5.69 Å². The van der Waals surface area contributed by atoms with Crippen molar-refractivity contribution in [3.63, 3.8) is 0 Å². The number of carboxylic acids is 1. The van der Waals surface area contributed by atoms with Gasteiger partial charge in [-0.3, -0.25) is 0 Å². The minimum absolute atomic E-state index is 0.207. The topological polar surface area (TPSA) is 63.3 Å². The van der Waals surface area contributed by atoms with E-state index in [0.29, 0.717) is 5.69 Å². The van der Waals surface area contributed by atoms with Crippen LogP contribution in [0.5, 0.6) is 0 Å². The molecule has 80 valence electrons. The van der Waals surface area contributed by atoms with Crippen molar-refractivity contribution < 1.29 is 9.90 Å². The number of carbonyl (C=O) groups is 1. The Balaban J connectivity index is 2.54. The monoisotopic (exact) mass is 213 g/mol. The van der Waals surface area contributed by atoms with Crippen molar-refractivity contribution in [3.8, 4) is 11.1 Å². The molecule has 0 amide bonds. The van der Waals surface area contributed by atoms with Gasteiger partial charge in [-0.1, -0.05) is 30.3 Å². The molecule has 2 aromatic rings. The Bertz CT molecular complexity index is 521. The Morgan fingerprint density at radius 2 is 1.69 bits per heavy atom. The highest BCUT2D eigenvalue weighted by molar-refractivity contribution is 5.91. The number of carboxylic acid groups (broad SMARTS) is 1. The van der Waals surface area contributed by atoms with Gasteiger partial charge < -0.3 is 10.8 Å². The fourth-order valence-corrected chi connectivity index (χ4v) is 1.57. The normalized spacial score (nSPS) is 10.0. The Labute approximate surface area is 93.1 Å². The lowest BCUT2D eigenvalue weighted by Gasteiger charge is -2.04. The van der Waals surface area contributed by atoms with Crippen LogP contribution in [0.3, 0.4) is 0 Å². The molecule has 0 fully saturated rings. The Kier molecular flexibility index (Phi) is 2.60. The number of nitrogen functional groups attached to an aromatic ring is 1. The zero-order valence-corrected chi connectivity index (χ0v) is 8.55. The fourth-order valence-electron chi connectivity index (χ4n) is 1.57. The van der Waals surface area contributed by atoms with Crippen molar-refractivity contribution >= 4 is 11.7 Å². The summed E-state index contributed by atoms with van der Waals surface area (Å²) < 4.78 is 0. The molecule has 3 heteroatoms. The van der Waals surface area contributed by atoms with Crippen LogP contribution in [0.25, 0.3) is 11.1 Å². The van der Waals surface area contributed by atoms with Gasteiger partial charge in [-0.05, 0) is 29.3 Å². The molecule has 0 saturated heterocycles. The van der Waals surface area contributed by atoms with Crippen LogP contribution in [0, 0.1) is 0 Å². The summed E-state index contributed by atoms with van der Waals surface area (Å²) in [5.41, 5.74) is 8.11. The molecule has 3 N–H and O–H groups in total. The summed E-state index contributed by atoms with van der Waals surface area (Å²) in [5, 5.41) is 8.93. The van der Waals surface area contributed by atoms with Crippen LogP contribution in [0.15, 0.2) is 48.5 Å². The van der Waals surface area contributed by atoms with E-state index in [1.54, 1.807) is 12.1 Å². The minimum Gasteiger partial charge on any atom is -0.478 e. The van der Waals surface area contributed by atoms with Gasteiger partial charge in [-0.2, -0.15) is 0 Å². The fraction of sp³-hybridized carbons (Fsp3) is 0. The van der Waals surface area contributed by atoms with E-state index in [2.05, 4.69) is 0 Å². The van der Waals surface area contributed by atoms with Crippen LogP contribution in [0.2, 0.25) is 0 Å². The predicted octanol–water partition coefficient (Wildman–Crippen LogP) is 2.63. The smallest absolute Gasteiger partial charge is 0.335 e. The molecule has 0 saturated carbocycles. The van der Waals surface area contributed by atoms with Crippen LogP contribution in [-0.2, 0) is 0 Å². The summed E-state index contributed by atoms with van der Waals surface area (Å²) in [6, 6.07) is 14.4. The third-order valence-electron chi connectivity index (χ3n) is 2.31. The maximum atomic E-state index is 10.9. The van der Waals surface area contributed by atoms with Gasteiger partial charge >= 0.3 is 5.97 Å². The van der Waals surface area contributed by atoms with Gasteiger partial charge in [0.2, 0.25) is 0 Å². The van der Waals surface area contributed by atoms with E-state index in [1.807, 2.05) is 30.3 Å². The van der Waals surface area contributed by atoms with Gasteiger partial charge in [0.05, 0.1) is 5.56 Å². The molecule has 16 heavy (non-hydrogen) atoms. The summed E-state index contributed by atoms with van der Waals surface area (Å²) in [7, 11) is 0. The molecule has 3 nitrogen and oxygen atoms in total. The van der Waals surface area contributed by atoms with Crippen molar-refractivity contribution in [2.24, 2.45) is 0 Å². The minimum atomic E-state index is -0.968. The molecule has 0 radical (unpaired) electrons. The first-order valence-corrected chi connectivity index (χ1v) is 4.86. The maximum Gasteiger partial charge on any atom is 0.335 e. The molecular formula is C13H11NO2. The van der Waals surface area contributed by atoms with E-state index >= 15 is 0 Å². The van der Waals surface area contributed by atoms with E-state index < -0.39 is 5.97 Å². The van der Waals surface area contributed by atoms with Crippen molar-refractivity contribution in [2.45, 2.75) is 0 Å². The lowest BCUT2D eigenvalue weighted by atomic mass is 10.0. The Hall–Kier alpha value is -2.29. The highest BCUT2D eigenvalue weighted by Crippen LogP contribution is 2.23. The van der Waals surface area contributed by atoms with E-state index in [0.717, 1.165) is 11.1 Å². The largest absolute Gasteiger partial charge is 0.478 e. The average Bonchev–Trinajstić information content (AvgIpc) is 2.29. The average molecular weight is 213 g/mol. The molecule has 0 atom stereocenters. The summed E-state index contributed by atoms with van der Waals surface area (Å²) in [6.45, 7) is 0. The number of anilines is 1. The van der Waals surface area contributed by atoms with Crippen molar-refractivity contribution in [1.29, 1.82) is 0 Å². The van der Waals surface area contributed by atoms with E-state index in [1.165, 1.54) is 6.07 Å². The standard InChI is InChI=1S/C13H11NO2/c14-12-7-10(6-11(8-12)13(15)16)9-4-2-1-3-5-9/h1-8H,14H2,(H,15,16). The zero-order valence-electron chi connectivity index (χ0n) is 8.55. The molecular weight excluding hydrogens is 202 g/mol.